The highest BCUT2D eigenvalue weighted by Gasteiger charge is 2.22. The average molecular weight is 342 g/mol. The molecule has 0 aliphatic heterocycles. The monoisotopic (exact) mass is 342 g/mol. The zero-order valence-electron chi connectivity index (χ0n) is 16.2. The van der Waals surface area contributed by atoms with Crippen LogP contribution in [0.4, 0.5) is 0 Å². The number of aryl methyl sites for hydroxylation is 2. The second-order valence-corrected chi connectivity index (χ2v) is 7.39. The highest BCUT2D eigenvalue weighted by atomic mass is 16.1. The van der Waals surface area contributed by atoms with Crippen LogP contribution in [-0.4, -0.2) is 27.8 Å². The molecule has 0 saturated heterocycles. The summed E-state index contributed by atoms with van der Waals surface area (Å²) in [4.78, 5) is 12.4. The Morgan fingerprint density at radius 3 is 2.44 bits per heavy atom. The second kappa shape index (κ2) is 7.83. The first-order valence-corrected chi connectivity index (χ1v) is 8.78. The van der Waals surface area contributed by atoms with Gasteiger partial charge in [0.2, 0.25) is 5.91 Å². The number of hydrogen-bond donors (Lipinski definition) is 2. The van der Waals surface area contributed by atoms with E-state index in [1.54, 1.807) is 0 Å². The third-order valence-corrected chi connectivity index (χ3v) is 4.63. The maximum absolute atomic E-state index is 12.4. The van der Waals surface area contributed by atoms with Crippen molar-refractivity contribution in [2.45, 2.75) is 52.6 Å². The van der Waals surface area contributed by atoms with Gasteiger partial charge in [-0.2, -0.15) is 5.10 Å². The molecule has 0 aliphatic carbocycles. The van der Waals surface area contributed by atoms with Crippen molar-refractivity contribution in [3.05, 3.63) is 52.8 Å². The molecule has 0 bridgehead atoms. The van der Waals surface area contributed by atoms with Crippen molar-refractivity contribution in [3.8, 4) is 0 Å². The number of nitrogens with one attached hydrogen (secondary N) is 2. The number of rotatable bonds is 7. The predicted molar refractivity (Wildman–Crippen MR) is 101 cm³/mol. The Balaban J connectivity index is 1.89. The van der Waals surface area contributed by atoms with Crippen molar-refractivity contribution < 1.29 is 4.79 Å². The van der Waals surface area contributed by atoms with Crippen molar-refractivity contribution in [2.24, 2.45) is 7.05 Å². The zero-order chi connectivity index (χ0) is 18.6. The van der Waals surface area contributed by atoms with Gasteiger partial charge in [0.15, 0.2) is 0 Å². The molecule has 5 heteroatoms. The van der Waals surface area contributed by atoms with Gasteiger partial charge in [0.25, 0.3) is 0 Å². The molecule has 1 amide bonds. The molecule has 1 aromatic heterocycles. The fourth-order valence-corrected chi connectivity index (χ4v) is 3.08. The van der Waals surface area contributed by atoms with Gasteiger partial charge in [-0.3, -0.25) is 9.48 Å². The van der Waals surface area contributed by atoms with Crippen LogP contribution in [0.25, 0.3) is 0 Å². The van der Waals surface area contributed by atoms with Gasteiger partial charge in [-0.15, -0.1) is 0 Å². The minimum atomic E-state index is -0.204. The van der Waals surface area contributed by atoms with Gasteiger partial charge in [-0.05, 0) is 40.2 Å². The van der Waals surface area contributed by atoms with Gasteiger partial charge in [-0.1, -0.05) is 30.3 Å². The minimum Gasteiger partial charge on any atom is -0.354 e. The Morgan fingerprint density at radius 2 is 1.88 bits per heavy atom. The Bertz CT molecular complexity index is 719. The van der Waals surface area contributed by atoms with E-state index in [1.165, 1.54) is 5.56 Å². The molecule has 1 unspecified atom stereocenters. The average Bonchev–Trinajstić information content (AvgIpc) is 2.80. The summed E-state index contributed by atoms with van der Waals surface area (Å²) in [6.45, 7) is 10.9. The molecule has 1 aromatic carbocycles. The quantitative estimate of drug-likeness (QED) is 0.813. The summed E-state index contributed by atoms with van der Waals surface area (Å²) in [6, 6.07) is 10.5. The first kappa shape index (κ1) is 19.2. The van der Waals surface area contributed by atoms with Gasteiger partial charge in [0, 0.05) is 36.4 Å². The molecule has 0 saturated carbocycles. The molecular weight excluding hydrogens is 312 g/mol. The Morgan fingerprint density at radius 1 is 1.24 bits per heavy atom. The molecule has 0 aliphatic rings. The summed E-state index contributed by atoms with van der Waals surface area (Å²) >= 11 is 0. The number of carbonyl (C=O) groups excluding carboxylic acids is 1. The Hall–Kier alpha value is -2.14. The Labute approximate surface area is 150 Å². The number of aromatic nitrogens is 2. The first-order valence-electron chi connectivity index (χ1n) is 8.78. The summed E-state index contributed by atoms with van der Waals surface area (Å²) in [5, 5.41) is 11.0. The molecule has 136 valence electrons. The summed E-state index contributed by atoms with van der Waals surface area (Å²) < 4.78 is 1.82. The molecular formula is C20H30N4O. The van der Waals surface area contributed by atoms with Crippen LogP contribution < -0.4 is 10.6 Å². The lowest BCUT2D eigenvalue weighted by atomic mass is 10.0. The maximum atomic E-state index is 12.4. The Kier molecular flexibility index (Phi) is 6.01. The smallest absolute Gasteiger partial charge is 0.224 e. The van der Waals surface area contributed by atoms with Crippen LogP contribution in [0.1, 0.15) is 49.3 Å². The van der Waals surface area contributed by atoms with E-state index in [9.17, 15) is 4.79 Å². The van der Waals surface area contributed by atoms with E-state index in [2.05, 4.69) is 48.6 Å². The number of benzene rings is 1. The van der Waals surface area contributed by atoms with Crippen molar-refractivity contribution in [3.63, 3.8) is 0 Å². The second-order valence-electron chi connectivity index (χ2n) is 7.39. The van der Waals surface area contributed by atoms with Gasteiger partial charge < -0.3 is 10.6 Å². The largest absolute Gasteiger partial charge is 0.354 e. The molecule has 2 rings (SSSR count). The standard InChI is InChI=1S/C20H30N4O/c1-14(17-10-8-7-9-11-17)22-20(4,5)13-21-19(25)12-18-15(2)23-24(6)16(18)3/h7-11,14,22H,12-13H2,1-6H3,(H,21,25). The molecule has 1 heterocycles. The third-order valence-electron chi connectivity index (χ3n) is 4.63. The highest BCUT2D eigenvalue weighted by molar-refractivity contribution is 5.79. The molecule has 2 N–H and O–H groups in total. The molecule has 0 fully saturated rings. The van der Waals surface area contributed by atoms with Crippen LogP contribution in [-0.2, 0) is 18.3 Å². The summed E-state index contributed by atoms with van der Waals surface area (Å²) in [7, 11) is 1.90. The van der Waals surface area contributed by atoms with Crippen LogP contribution in [0.3, 0.4) is 0 Å². The zero-order valence-corrected chi connectivity index (χ0v) is 16.2. The van der Waals surface area contributed by atoms with Gasteiger partial charge in [-0.25, -0.2) is 0 Å². The van der Waals surface area contributed by atoms with E-state index in [0.29, 0.717) is 13.0 Å². The number of amides is 1. The molecule has 0 radical (unpaired) electrons. The van der Waals surface area contributed by atoms with Crippen molar-refractivity contribution >= 4 is 5.91 Å². The third kappa shape index (κ3) is 5.16. The lowest BCUT2D eigenvalue weighted by Crippen LogP contribution is -2.50. The molecule has 5 nitrogen and oxygen atoms in total. The maximum Gasteiger partial charge on any atom is 0.224 e. The van der Waals surface area contributed by atoms with E-state index >= 15 is 0 Å². The van der Waals surface area contributed by atoms with Gasteiger partial charge in [0.05, 0.1) is 12.1 Å². The van der Waals surface area contributed by atoms with Crippen LogP contribution >= 0.6 is 0 Å². The normalized spacial score (nSPS) is 12.9. The van der Waals surface area contributed by atoms with Crippen LogP contribution in [0.2, 0.25) is 0 Å². The SMILES string of the molecule is Cc1nn(C)c(C)c1CC(=O)NCC(C)(C)NC(C)c1ccccc1. The lowest BCUT2D eigenvalue weighted by Gasteiger charge is -2.31. The van der Waals surface area contributed by atoms with E-state index in [4.69, 9.17) is 0 Å². The summed E-state index contributed by atoms with van der Waals surface area (Å²) in [6.07, 6.45) is 0.371. The van der Waals surface area contributed by atoms with Crippen molar-refractivity contribution in [1.82, 2.24) is 20.4 Å². The molecule has 2 aromatic rings. The van der Waals surface area contributed by atoms with Gasteiger partial charge in [0.1, 0.15) is 0 Å². The number of nitrogens with zero attached hydrogens (tertiary/aromatic N) is 2. The van der Waals surface area contributed by atoms with Crippen LogP contribution in [0.15, 0.2) is 30.3 Å². The van der Waals surface area contributed by atoms with Crippen LogP contribution in [0, 0.1) is 13.8 Å². The van der Waals surface area contributed by atoms with E-state index in [0.717, 1.165) is 17.0 Å². The van der Waals surface area contributed by atoms with Crippen LogP contribution in [0.5, 0.6) is 0 Å². The van der Waals surface area contributed by atoms with E-state index in [-0.39, 0.29) is 17.5 Å². The lowest BCUT2D eigenvalue weighted by molar-refractivity contribution is -0.120. The fraction of sp³-hybridized carbons (Fsp3) is 0.500. The minimum absolute atomic E-state index is 0.0291. The summed E-state index contributed by atoms with van der Waals surface area (Å²) in [5.41, 5.74) is 4.02. The predicted octanol–water partition coefficient (Wildman–Crippen LogP) is 2.83. The molecule has 0 spiro atoms. The van der Waals surface area contributed by atoms with Gasteiger partial charge >= 0.3 is 0 Å². The molecule has 25 heavy (non-hydrogen) atoms. The molecule has 1 atom stereocenters. The first-order chi connectivity index (χ1) is 11.7. The topological polar surface area (TPSA) is 59.0 Å². The number of carbonyl (C=O) groups is 1. The summed E-state index contributed by atoms with van der Waals surface area (Å²) in [5.74, 6) is 0.0291. The number of hydrogen-bond acceptors (Lipinski definition) is 3. The highest BCUT2D eigenvalue weighted by Crippen LogP contribution is 2.16. The van der Waals surface area contributed by atoms with Crippen molar-refractivity contribution in [1.29, 1.82) is 0 Å². The van der Waals surface area contributed by atoms with E-state index < -0.39 is 0 Å². The van der Waals surface area contributed by atoms with Crippen molar-refractivity contribution in [2.75, 3.05) is 6.54 Å². The van der Waals surface area contributed by atoms with E-state index in [1.807, 2.05) is 43.8 Å². The fourth-order valence-electron chi connectivity index (χ4n) is 3.08.